The van der Waals surface area contributed by atoms with E-state index < -0.39 is 0 Å². The van der Waals surface area contributed by atoms with Gasteiger partial charge in [-0.3, -0.25) is 14.3 Å². The summed E-state index contributed by atoms with van der Waals surface area (Å²) in [7, 11) is 1.89. The number of amides is 2. The van der Waals surface area contributed by atoms with Crippen LogP contribution in [0.1, 0.15) is 22.0 Å². The van der Waals surface area contributed by atoms with Gasteiger partial charge in [0.15, 0.2) is 5.76 Å². The van der Waals surface area contributed by atoms with Crippen LogP contribution in [0.2, 0.25) is 0 Å². The van der Waals surface area contributed by atoms with Crippen molar-refractivity contribution in [3.05, 3.63) is 42.1 Å². The summed E-state index contributed by atoms with van der Waals surface area (Å²) >= 11 is 0. The number of furan rings is 1. The van der Waals surface area contributed by atoms with Crippen molar-refractivity contribution in [3.8, 4) is 0 Å². The smallest absolute Gasteiger partial charge is 0.289 e. The number of piperazine rings is 1. The Morgan fingerprint density at radius 3 is 2.62 bits per heavy atom. The van der Waals surface area contributed by atoms with E-state index in [4.69, 9.17) is 4.42 Å². The molecule has 0 aromatic carbocycles. The van der Waals surface area contributed by atoms with E-state index in [1.807, 2.05) is 24.3 Å². The van der Waals surface area contributed by atoms with E-state index in [9.17, 15) is 9.59 Å². The lowest BCUT2D eigenvalue weighted by Gasteiger charge is -2.36. The van der Waals surface area contributed by atoms with Crippen molar-refractivity contribution < 1.29 is 14.0 Å². The van der Waals surface area contributed by atoms with Gasteiger partial charge in [0.2, 0.25) is 5.91 Å². The zero-order valence-electron chi connectivity index (χ0n) is 14.8. The van der Waals surface area contributed by atoms with E-state index in [1.165, 1.54) is 6.26 Å². The van der Waals surface area contributed by atoms with Gasteiger partial charge in [-0.1, -0.05) is 0 Å². The van der Waals surface area contributed by atoms with Crippen LogP contribution in [0.15, 0.2) is 35.2 Å². The molecule has 0 spiro atoms. The van der Waals surface area contributed by atoms with Crippen molar-refractivity contribution in [2.75, 3.05) is 39.3 Å². The highest BCUT2D eigenvalue weighted by Gasteiger charge is 2.38. The van der Waals surface area contributed by atoms with Gasteiger partial charge in [0, 0.05) is 58.4 Å². The molecule has 2 aliphatic rings. The molecule has 0 unspecified atom stereocenters. The van der Waals surface area contributed by atoms with Crippen LogP contribution in [0.25, 0.3) is 0 Å². The van der Waals surface area contributed by atoms with Crippen LogP contribution in [0, 0.1) is 5.92 Å². The topological polar surface area (TPSA) is 83.6 Å². The van der Waals surface area contributed by atoms with Crippen molar-refractivity contribution in [1.29, 1.82) is 0 Å². The lowest BCUT2D eigenvalue weighted by molar-refractivity contribution is -0.136. The summed E-state index contributed by atoms with van der Waals surface area (Å²) in [5, 5.41) is 7.57. The Morgan fingerprint density at radius 1 is 1.19 bits per heavy atom. The number of nitrogens with zero attached hydrogens (tertiary/aromatic N) is 4. The average molecular weight is 357 g/mol. The first kappa shape index (κ1) is 16.8. The fourth-order valence-corrected chi connectivity index (χ4v) is 3.84. The summed E-state index contributed by atoms with van der Waals surface area (Å²) in [5.74, 6) is 0.471. The molecule has 1 N–H and O–H groups in total. The van der Waals surface area contributed by atoms with E-state index in [1.54, 1.807) is 21.7 Å². The van der Waals surface area contributed by atoms with Crippen LogP contribution in [0.4, 0.5) is 0 Å². The number of aromatic nitrogens is 2. The molecule has 4 heterocycles. The fraction of sp³-hybridized carbons (Fsp3) is 0.500. The van der Waals surface area contributed by atoms with Gasteiger partial charge in [-0.2, -0.15) is 5.10 Å². The highest BCUT2D eigenvalue weighted by molar-refractivity contribution is 5.91. The zero-order valence-corrected chi connectivity index (χ0v) is 14.8. The molecule has 2 aromatic heterocycles. The average Bonchev–Trinajstić information content (AvgIpc) is 3.41. The van der Waals surface area contributed by atoms with Crippen molar-refractivity contribution in [3.63, 3.8) is 0 Å². The maximum absolute atomic E-state index is 13.0. The monoisotopic (exact) mass is 357 g/mol. The molecule has 138 valence electrons. The quantitative estimate of drug-likeness (QED) is 0.854. The predicted molar refractivity (Wildman–Crippen MR) is 93.5 cm³/mol. The number of hydrogen-bond acceptors (Lipinski definition) is 5. The van der Waals surface area contributed by atoms with Gasteiger partial charge in [0.05, 0.1) is 18.4 Å². The van der Waals surface area contributed by atoms with E-state index in [2.05, 4.69) is 10.4 Å². The van der Waals surface area contributed by atoms with Gasteiger partial charge in [-0.05, 0) is 17.7 Å². The Kier molecular flexibility index (Phi) is 4.50. The largest absolute Gasteiger partial charge is 0.459 e. The normalized spacial score (nSPS) is 23.4. The number of nitrogens with one attached hydrogen (secondary N) is 1. The maximum atomic E-state index is 13.0. The van der Waals surface area contributed by atoms with E-state index >= 15 is 0 Å². The second-order valence-corrected chi connectivity index (χ2v) is 6.91. The van der Waals surface area contributed by atoms with Crippen molar-refractivity contribution in [2.45, 2.75) is 5.92 Å². The molecular formula is C18H23N5O3. The Morgan fingerprint density at radius 2 is 1.96 bits per heavy atom. The molecule has 0 radical (unpaired) electrons. The molecule has 0 aliphatic carbocycles. The Bertz CT molecular complexity index is 777. The highest BCUT2D eigenvalue weighted by atomic mass is 16.3. The lowest BCUT2D eigenvalue weighted by Crippen LogP contribution is -2.52. The molecule has 2 atom stereocenters. The first-order chi connectivity index (χ1) is 12.6. The van der Waals surface area contributed by atoms with Gasteiger partial charge in [0.25, 0.3) is 5.91 Å². The van der Waals surface area contributed by atoms with Crippen LogP contribution in [0.3, 0.4) is 0 Å². The van der Waals surface area contributed by atoms with Gasteiger partial charge in [-0.15, -0.1) is 0 Å². The summed E-state index contributed by atoms with van der Waals surface area (Å²) in [6, 6.07) is 3.38. The van der Waals surface area contributed by atoms with Gasteiger partial charge < -0.3 is 19.5 Å². The van der Waals surface area contributed by atoms with Crippen LogP contribution in [0.5, 0.6) is 0 Å². The lowest BCUT2D eigenvalue weighted by atomic mass is 9.89. The number of carbonyl (C=O) groups excluding carboxylic acids is 2. The third-order valence-corrected chi connectivity index (χ3v) is 5.29. The van der Waals surface area contributed by atoms with Gasteiger partial charge in [0.1, 0.15) is 0 Å². The maximum Gasteiger partial charge on any atom is 0.289 e. The van der Waals surface area contributed by atoms with Crippen molar-refractivity contribution >= 4 is 11.8 Å². The summed E-state index contributed by atoms with van der Waals surface area (Å²) in [6.07, 6.45) is 5.33. The van der Waals surface area contributed by atoms with Crippen LogP contribution >= 0.6 is 0 Å². The first-order valence-electron chi connectivity index (χ1n) is 8.94. The van der Waals surface area contributed by atoms with E-state index in [-0.39, 0.29) is 23.7 Å². The van der Waals surface area contributed by atoms with Crippen LogP contribution < -0.4 is 5.32 Å². The third kappa shape index (κ3) is 3.12. The van der Waals surface area contributed by atoms with Gasteiger partial charge in [-0.25, -0.2) is 0 Å². The standard InChI is InChI=1S/C18H23N5O3/c1-21-12-13(9-20-21)14-10-19-11-15(14)17(24)22-4-6-23(7-5-22)18(25)16-3-2-8-26-16/h2-3,8-9,12,14-15,19H,4-7,10-11H2,1H3/t14-,15+/m1/s1. The number of aryl methyl sites for hydroxylation is 1. The molecule has 2 fully saturated rings. The Labute approximate surface area is 151 Å². The fourth-order valence-electron chi connectivity index (χ4n) is 3.84. The minimum absolute atomic E-state index is 0.0773. The molecule has 8 heteroatoms. The minimum atomic E-state index is -0.113. The van der Waals surface area contributed by atoms with Gasteiger partial charge >= 0.3 is 0 Å². The SMILES string of the molecule is Cn1cc([C@H]2CNC[C@@H]2C(=O)N2CCN(C(=O)c3ccco3)CC2)cn1. The second kappa shape index (κ2) is 6.95. The summed E-state index contributed by atoms with van der Waals surface area (Å²) in [4.78, 5) is 29.0. The molecule has 8 nitrogen and oxygen atoms in total. The van der Waals surface area contributed by atoms with Crippen LogP contribution in [-0.2, 0) is 11.8 Å². The number of carbonyl (C=O) groups is 2. The molecule has 2 aromatic rings. The second-order valence-electron chi connectivity index (χ2n) is 6.91. The van der Waals surface area contributed by atoms with Crippen molar-refractivity contribution in [1.82, 2.24) is 24.9 Å². The zero-order chi connectivity index (χ0) is 18.1. The molecule has 0 saturated carbocycles. The van der Waals surface area contributed by atoms with E-state index in [0.29, 0.717) is 38.5 Å². The summed E-state index contributed by atoms with van der Waals surface area (Å²) in [6.45, 7) is 3.65. The highest BCUT2D eigenvalue weighted by Crippen LogP contribution is 2.29. The molecular weight excluding hydrogens is 334 g/mol. The molecule has 2 amide bonds. The molecule has 4 rings (SSSR count). The molecule has 2 saturated heterocycles. The molecule has 0 bridgehead atoms. The minimum Gasteiger partial charge on any atom is -0.459 e. The molecule has 26 heavy (non-hydrogen) atoms. The number of rotatable bonds is 3. The third-order valence-electron chi connectivity index (χ3n) is 5.29. The molecule has 2 aliphatic heterocycles. The Balaban J connectivity index is 1.38. The van der Waals surface area contributed by atoms with Crippen LogP contribution in [-0.4, -0.2) is 70.7 Å². The summed E-state index contributed by atoms with van der Waals surface area (Å²) in [5.41, 5.74) is 1.10. The summed E-state index contributed by atoms with van der Waals surface area (Å²) < 4.78 is 6.95. The van der Waals surface area contributed by atoms with Crippen molar-refractivity contribution in [2.24, 2.45) is 13.0 Å². The predicted octanol–water partition coefficient (Wildman–Crippen LogP) is 0.301. The Hall–Kier alpha value is -2.61. The number of hydrogen-bond donors (Lipinski definition) is 1. The van der Waals surface area contributed by atoms with E-state index in [0.717, 1.165) is 12.1 Å². The first-order valence-corrected chi connectivity index (χ1v) is 8.94.